The molecule has 0 unspecified atom stereocenters. The van der Waals surface area contributed by atoms with Gasteiger partial charge in [0.2, 0.25) is 0 Å². The van der Waals surface area contributed by atoms with Crippen LogP contribution in [0.3, 0.4) is 0 Å². The molecule has 94 valence electrons. The number of thiol groups is 1. The van der Waals surface area contributed by atoms with Gasteiger partial charge in [0.05, 0.1) is 20.3 Å². The van der Waals surface area contributed by atoms with Crippen LogP contribution in [0.2, 0.25) is 0 Å². The van der Waals surface area contributed by atoms with Gasteiger partial charge in [-0.15, -0.1) is 0 Å². The Morgan fingerprint density at radius 3 is 2.53 bits per heavy atom. The summed E-state index contributed by atoms with van der Waals surface area (Å²) in [7, 11) is 1.31. The van der Waals surface area contributed by atoms with E-state index in [1.165, 1.54) is 13.2 Å². The van der Waals surface area contributed by atoms with E-state index in [2.05, 4.69) is 12.6 Å². The lowest BCUT2D eigenvalue weighted by Crippen LogP contribution is -2.47. The summed E-state index contributed by atoms with van der Waals surface area (Å²) in [6, 6.07) is 2.30. The minimum absolute atomic E-state index is 0.0764. The monoisotopic (exact) mass is 260 g/mol. The van der Waals surface area contributed by atoms with Crippen LogP contribution in [-0.2, 0) is 10.2 Å². The zero-order chi connectivity index (χ0) is 12.5. The summed E-state index contributed by atoms with van der Waals surface area (Å²) in [6.45, 7) is 0.826. The molecule has 0 saturated carbocycles. The van der Waals surface area contributed by atoms with Gasteiger partial charge in [0.15, 0.2) is 11.6 Å². The van der Waals surface area contributed by atoms with E-state index in [1.54, 1.807) is 0 Å². The first-order chi connectivity index (χ1) is 8.13. The minimum Gasteiger partial charge on any atom is -0.494 e. The predicted octanol–water partition coefficient (Wildman–Crippen LogP) is 2.56. The van der Waals surface area contributed by atoms with Gasteiger partial charge < -0.3 is 9.47 Å². The van der Waals surface area contributed by atoms with Gasteiger partial charge in [-0.1, -0.05) is 0 Å². The highest BCUT2D eigenvalue weighted by molar-refractivity contribution is 7.80. The van der Waals surface area contributed by atoms with Crippen molar-refractivity contribution in [2.75, 3.05) is 26.1 Å². The summed E-state index contributed by atoms with van der Waals surface area (Å²) >= 11 is 4.15. The van der Waals surface area contributed by atoms with Gasteiger partial charge in [0.1, 0.15) is 5.82 Å². The highest BCUT2D eigenvalue weighted by Gasteiger charge is 2.42. The molecule has 1 aromatic rings. The third kappa shape index (κ3) is 2.13. The molecule has 1 saturated heterocycles. The molecule has 1 aliphatic heterocycles. The Bertz CT molecular complexity index is 419. The van der Waals surface area contributed by atoms with E-state index >= 15 is 0 Å². The average Bonchev–Trinajstić information content (AvgIpc) is 2.26. The Kier molecular flexibility index (Phi) is 3.58. The summed E-state index contributed by atoms with van der Waals surface area (Å²) in [5.74, 6) is -0.466. The SMILES string of the molecule is COc1cc(F)c(C2(CCS)COC2)cc1F. The number of halogens is 2. The van der Waals surface area contributed by atoms with Gasteiger partial charge in [-0.25, -0.2) is 8.78 Å². The van der Waals surface area contributed by atoms with E-state index in [1.807, 2.05) is 0 Å². The molecular formula is C12H14F2O2S. The fourth-order valence-electron chi connectivity index (χ4n) is 2.09. The van der Waals surface area contributed by atoms with Crippen LogP contribution in [0.25, 0.3) is 0 Å². The van der Waals surface area contributed by atoms with E-state index in [0.29, 0.717) is 31.0 Å². The molecule has 1 heterocycles. The Balaban J connectivity index is 2.41. The first-order valence-electron chi connectivity index (χ1n) is 5.35. The molecule has 1 aliphatic rings. The van der Waals surface area contributed by atoms with E-state index in [-0.39, 0.29) is 5.75 Å². The normalized spacial score (nSPS) is 17.6. The van der Waals surface area contributed by atoms with Crippen molar-refractivity contribution in [2.24, 2.45) is 0 Å². The number of hydrogen-bond acceptors (Lipinski definition) is 3. The van der Waals surface area contributed by atoms with Crippen molar-refractivity contribution in [2.45, 2.75) is 11.8 Å². The number of hydrogen-bond donors (Lipinski definition) is 1. The third-order valence-corrected chi connectivity index (χ3v) is 3.38. The van der Waals surface area contributed by atoms with Crippen molar-refractivity contribution >= 4 is 12.6 Å². The average molecular weight is 260 g/mol. The van der Waals surface area contributed by atoms with Crippen molar-refractivity contribution < 1.29 is 18.3 Å². The van der Waals surface area contributed by atoms with Crippen LogP contribution in [-0.4, -0.2) is 26.1 Å². The van der Waals surface area contributed by atoms with Crippen LogP contribution in [0.15, 0.2) is 12.1 Å². The van der Waals surface area contributed by atoms with Crippen LogP contribution in [0.5, 0.6) is 5.75 Å². The maximum absolute atomic E-state index is 13.9. The molecule has 2 nitrogen and oxygen atoms in total. The second-order valence-electron chi connectivity index (χ2n) is 4.21. The summed E-state index contributed by atoms with van der Waals surface area (Å²) in [4.78, 5) is 0. The first-order valence-corrected chi connectivity index (χ1v) is 5.98. The molecule has 0 N–H and O–H groups in total. The zero-order valence-corrected chi connectivity index (χ0v) is 10.4. The van der Waals surface area contributed by atoms with Gasteiger partial charge in [-0.3, -0.25) is 0 Å². The van der Waals surface area contributed by atoms with E-state index in [9.17, 15) is 8.78 Å². The molecule has 0 amide bonds. The third-order valence-electron chi connectivity index (χ3n) is 3.16. The van der Waals surface area contributed by atoms with Gasteiger partial charge in [0.25, 0.3) is 0 Å². The molecule has 0 aromatic heterocycles. The maximum atomic E-state index is 13.9. The van der Waals surface area contributed by atoms with E-state index < -0.39 is 17.0 Å². The van der Waals surface area contributed by atoms with Crippen LogP contribution in [0.4, 0.5) is 8.78 Å². The molecule has 17 heavy (non-hydrogen) atoms. The fourth-order valence-corrected chi connectivity index (χ4v) is 2.52. The molecule has 5 heteroatoms. The Morgan fingerprint density at radius 2 is 2.06 bits per heavy atom. The van der Waals surface area contributed by atoms with E-state index in [4.69, 9.17) is 9.47 Å². The van der Waals surface area contributed by atoms with Crippen LogP contribution >= 0.6 is 12.6 Å². The Morgan fingerprint density at radius 1 is 1.35 bits per heavy atom. The van der Waals surface area contributed by atoms with Crippen LogP contribution in [0, 0.1) is 11.6 Å². The lowest BCUT2D eigenvalue weighted by molar-refractivity contribution is -0.0631. The summed E-state index contributed by atoms with van der Waals surface area (Å²) in [5.41, 5.74) is -0.0741. The Labute approximate surface area is 104 Å². The Hall–Kier alpha value is -0.810. The predicted molar refractivity (Wildman–Crippen MR) is 63.9 cm³/mol. The second kappa shape index (κ2) is 4.82. The zero-order valence-electron chi connectivity index (χ0n) is 9.50. The standard InChI is InChI=1S/C12H14F2O2S/c1-15-11-5-9(13)8(4-10(11)14)12(2-3-17)6-16-7-12/h4-5,17H,2-3,6-7H2,1H3. The summed E-state index contributed by atoms with van der Waals surface area (Å²) in [5, 5.41) is 0. The highest BCUT2D eigenvalue weighted by atomic mass is 32.1. The van der Waals surface area contributed by atoms with Crippen molar-refractivity contribution in [1.82, 2.24) is 0 Å². The lowest BCUT2D eigenvalue weighted by atomic mass is 9.76. The molecule has 0 radical (unpaired) electrons. The van der Waals surface area contributed by atoms with Gasteiger partial charge in [0, 0.05) is 17.0 Å². The quantitative estimate of drug-likeness (QED) is 0.839. The van der Waals surface area contributed by atoms with Crippen LogP contribution < -0.4 is 4.74 Å². The highest BCUT2D eigenvalue weighted by Crippen LogP contribution is 2.39. The largest absolute Gasteiger partial charge is 0.494 e. The van der Waals surface area contributed by atoms with Crippen molar-refractivity contribution in [3.8, 4) is 5.75 Å². The molecule has 0 spiro atoms. The smallest absolute Gasteiger partial charge is 0.165 e. The summed E-state index contributed by atoms with van der Waals surface area (Å²) in [6.07, 6.45) is 0.665. The van der Waals surface area contributed by atoms with Crippen molar-refractivity contribution in [3.63, 3.8) is 0 Å². The topological polar surface area (TPSA) is 18.5 Å². The lowest BCUT2D eigenvalue weighted by Gasteiger charge is -2.42. The summed E-state index contributed by atoms with van der Waals surface area (Å²) < 4.78 is 37.4. The molecule has 1 fully saturated rings. The number of ether oxygens (including phenoxy) is 2. The number of benzene rings is 1. The second-order valence-corrected chi connectivity index (χ2v) is 4.66. The maximum Gasteiger partial charge on any atom is 0.165 e. The van der Waals surface area contributed by atoms with Gasteiger partial charge in [-0.05, 0) is 18.2 Å². The number of methoxy groups -OCH3 is 1. The van der Waals surface area contributed by atoms with E-state index in [0.717, 1.165) is 6.07 Å². The van der Waals surface area contributed by atoms with Gasteiger partial charge >= 0.3 is 0 Å². The first kappa shape index (κ1) is 12.6. The molecule has 0 aliphatic carbocycles. The fraction of sp³-hybridized carbons (Fsp3) is 0.500. The number of rotatable bonds is 4. The van der Waals surface area contributed by atoms with Crippen molar-refractivity contribution in [1.29, 1.82) is 0 Å². The van der Waals surface area contributed by atoms with Crippen molar-refractivity contribution in [3.05, 3.63) is 29.3 Å². The minimum atomic E-state index is -0.547. The molecular weight excluding hydrogens is 246 g/mol. The molecule has 0 atom stereocenters. The molecule has 1 aromatic carbocycles. The molecule has 0 bridgehead atoms. The molecule has 2 rings (SSSR count). The van der Waals surface area contributed by atoms with Crippen LogP contribution in [0.1, 0.15) is 12.0 Å². The van der Waals surface area contributed by atoms with Gasteiger partial charge in [-0.2, -0.15) is 12.6 Å².